The summed E-state index contributed by atoms with van der Waals surface area (Å²) in [6.07, 6.45) is 5.89. The van der Waals surface area contributed by atoms with Crippen molar-refractivity contribution in [2.24, 2.45) is 0 Å². The summed E-state index contributed by atoms with van der Waals surface area (Å²) in [4.78, 5) is 31.7. The SMILES string of the molecule is CC(C)Oc1ccc(C2C(=C(O)c3ccc(Cl)cc3)C(=O)C(=O)N2CCCn2ccnc2)cc1. The molecule has 0 aliphatic carbocycles. The Hall–Kier alpha value is -3.58. The number of aryl methyl sites for hydroxylation is 1. The number of ether oxygens (including phenoxy) is 1. The fourth-order valence-corrected chi connectivity index (χ4v) is 4.19. The summed E-state index contributed by atoms with van der Waals surface area (Å²) in [5.41, 5.74) is 1.20. The second-order valence-corrected chi connectivity index (χ2v) is 8.83. The van der Waals surface area contributed by atoms with Crippen LogP contribution in [0.1, 0.15) is 37.4 Å². The van der Waals surface area contributed by atoms with Gasteiger partial charge in [0.1, 0.15) is 11.5 Å². The van der Waals surface area contributed by atoms with E-state index in [0.29, 0.717) is 41.4 Å². The second kappa shape index (κ2) is 10.1. The number of ketones is 1. The van der Waals surface area contributed by atoms with E-state index >= 15 is 0 Å². The van der Waals surface area contributed by atoms with Crippen molar-refractivity contribution in [3.05, 3.63) is 89.0 Å². The molecule has 1 N–H and O–H groups in total. The van der Waals surface area contributed by atoms with Crippen LogP contribution in [0.25, 0.3) is 5.76 Å². The molecule has 1 fully saturated rings. The van der Waals surface area contributed by atoms with Gasteiger partial charge in [0.25, 0.3) is 11.7 Å². The fraction of sp³-hybridized carbons (Fsp3) is 0.269. The number of amides is 1. The lowest BCUT2D eigenvalue weighted by Crippen LogP contribution is -2.31. The molecule has 1 aromatic heterocycles. The summed E-state index contributed by atoms with van der Waals surface area (Å²) < 4.78 is 7.65. The third-order valence-electron chi connectivity index (χ3n) is 5.60. The van der Waals surface area contributed by atoms with E-state index in [2.05, 4.69) is 4.98 Å². The second-order valence-electron chi connectivity index (χ2n) is 8.39. The maximum absolute atomic E-state index is 13.1. The highest BCUT2D eigenvalue weighted by Gasteiger charge is 2.45. The molecule has 1 atom stereocenters. The van der Waals surface area contributed by atoms with Crippen molar-refractivity contribution in [3.8, 4) is 5.75 Å². The predicted octanol–water partition coefficient (Wildman–Crippen LogP) is 4.84. The topological polar surface area (TPSA) is 84.7 Å². The first-order valence-corrected chi connectivity index (χ1v) is 11.5. The molecule has 2 heterocycles. The van der Waals surface area contributed by atoms with Crippen LogP contribution in [-0.2, 0) is 16.1 Å². The number of aromatic nitrogens is 2. The minimum Gasteiger partial charge on any atom is -0.507 e. The van der Waals surface area contributed by atoms with Crippen LogP contribution < -0.4 is 4.74 Å². The van der Waals surface area contributed by atoms with Crippen LogP contribution in [0.2, 0.25) is 5.02 Å². The number of benzene rings is 2. The molecular weight excluding hydrogens is 454 g/mol. The molecule has 3 aromatic rings. The summed E-state index contributed by atoms with van der Waals surface area (Å²) in [7, 11) is 0. The summed E-state index contributed by atoms with van der Waals surface area (Å²) in [5.74, 6) is -0.871. The van der Waals surface area contributed by atoms with Gasteiger partial charge < -0.3 is 19.3 Å². The van der Waals surface area contributed by atoms with Crippen molar-refractivity contribution in [3.63, 3.8) is 0 Å². The van der Waals surface area contributed by atoms with Gasteiger partial charge in [0, 0.05) is 36.1 Å². The number of likely N-dealkylation sites (tertiary alicyclic amines) is 1. The van der Waals surface area contributed by atoms with Crippen molar-refractivity contribution in [2.75, 3.05) is 6.54 Å². The van der Waals surface area contributed by atoms with Gasteiger partial charge in [-0.1, -0.05) is 23.7 Å². The van der Waals surface area contributed by atoms with Crippen molar-refractivity contribution in [1.82, 2.24) is 14.5 Å². The van der Waals surface area contributed by atoms with Crippen LogP contribution in [0.4, 0.5) is 0 Å². The highest BCUT2D eigenvalue weighted by atomic mass is 35.5. The Morgan fingerprint density at radius 2 is 1.79 bits per heavy atom. The van der Waals surface area contributed by atoms with Crippen molar-refractivity contribution in [1.29, 1.82) is 0 Å². The number of Topliss-reactive ketones (excluding diaryl/α,β-unsaturated/α-hetero) is 1. The molecule has 0 radical (unpaired) electrons. The third kappa shape index (κ3) is 4.99. The number of hydrogen-bond donors (Lipinski definition) is 1. The molecule has 34 heavy (non-hydrogen) atoms. The van der Waals surface area contributed by atoms with Gasteiger partial charge in [0.15, 0.2) is 0 Å². The molecule has 0 saturated carbocycles. The Morgan fingerprint density at radius 1 is 1.09 bits per heavy atom. The zero-order valence-corrected chi connectivity index (χ0v) is 19.8. The molecular formula is C26H26ClN3O4. The molecule has 8 heteroatoms. The molecule has 4 rings (SSSR count). The van der Waals surface area contributed by atoms with E-state index in [0.717, 1.165) is 0 Å². The van der Waals surface area contributed by atoms with E-state index in [4.69, 9.17) is 16.3 Å². The molecule has 0 spiro atoms. The number of carbonyl (C=O) groups is 2. The minimum absolute atomic E-state index is 0.0181. The molecule has 2 aromatic carbocycles. The summed E-state index contributed by atoms with van der Waals surface area (Å²) in [6.45, 7) is 4.87. The van der Waals surface area contributed by atoms with Gasteiger partial charge in [-0.05, 0) is 62.2 Å². The number of carbonyl (C=O) groups excluding carboxylic acids is 2. The summed E-state index contributed by atoms with van der Waals surface area (Å²) >= 11 is 5.98. The van der Waals surface area contributed by atoms with E-state index in [1.807, 2.05) is 48.9 Å². The third-order valence-corrected chi connectivity index (χ3v) is 5.85. The fourth-order valence-electron chi connectivity index (χ4n) is 4.06. The zero-order valence-electron chi connectivity index (χ0n) is 19.0. The first-order chi connectivity index (χ1) is 16.3. The van der Waals surface area contributed by atoms with Crippen molar-refractivity contribution >= 4 is 29.1 Å². The number of aliphatic hydroxyl groups excluding tert-OH is 1. The van der Waals surface area contributed by atoms with Gasteiger partial charge in [-0.2, -0.15) is 0 Å². The Balaban J connectivity index is 1.71. The highest BCUT2D eigenvalue weighted by molar-refractivity contribution is 6.46. The van der Waals surface area contributed by atoms with Crippen LogP contribution in [0.3, 0.4) is 0 Å². The van der Waals surface area contributed by atoms with Crippen LogP contribution in [-0.4, -0.2) is 43.9 Å². The van der Waals surface area contributed by atoms with Gasteiger partial charge >= 0.3 is 0 Å². The number of rotatable bonds is 8. The molecule has 1 aliphatic heterocycles. The number of imidazole rings is 1. The van der Waals surface area contributed by atoms with Crippen molar-refractivity contribution in [2.45, 2.75) is 39.0 Å². The van der Waals surface area contributed by atoms with Gasteiger partial charge in [-0.3, -0.25) is 9.59 Å². The Morgan fingerprint density at radius 3 is 2.41 bits per heavy atom. The Bertz CT molecular complexity index is 1190. The van der Waals surface area contributed by atoms with Crippen LogP contribution in [0, 0.1) is 0 Å². The van der Waals surface area contributed by atoms with Gasteiger partial charge in [0.2, 0.25) is 0 Å². The summed E-state index contributed by atoms with van der Waals surface area (Å²) in [6, 6.07) is 13.1. The maximum Gasteiger partial charge on any atom is 0.295 e. The van der Waals surface area contributed by atoms with Crippen molar-refractivity contribution < 1.29 is 19.4 Å². The largest absolute Gasteiger partial charge is 0.507 e. The summed E-state index contributed by atoms with van der Waals surface area (Å²) in [5, 5.41) is 11.6. The average Bonchev–Trinajstić information content (AvgIpc) is 3.42. The van der Waals surface area contributed by atoms with Crippen LogP contribution in [0.5, 0.6) is 5.75 Å². The van der Waals surface area contributed by atoms with E-state index in [-0.39, 0.29) is 17.4 Å². The molecule has 1 aliphatic rings. The number of aliphatic hydroxyl groups is 1. The predicted molar refractivity (Wildman–Crippen MR) is 130 cm³/mol. The molecule has 0 bridgehead atoms. The monoisotopic (exact) mass is 479 g/mol. The number of nitrogens with zero attached hydrogens (tertiary/aromatic N) is 3. The lowest BCUT2D eigenvalue weighted by molar-refractivity contribution is -0.139. The molecule has 1 saturated heterocycles. The number of halogens is 1. The van der Waals surface area contributed by atoms with Crippen LogP contribution in [0.15, 0.2) is 72.8 Å². The quantitative estimate of drug-likeness (QED) is 0.284. The Labute approximate surface area is 203 Å². The van der Waals surface area contributed by atoms with Crippen LogP contribution >= 0.6 is 11.6 Å². The van der Waals surface area contributed by atoms with E-state index < -0.39 is 17.7 Å². The van der Waals surface area contributed by atoms with Gasteiger partial charge in [0.05, 0.1) is 24.0 Å². The molecule has 7 nitrogen and oxygen atoms in total. The van der Waals surface area contributed by atoms with Gasteiger partial charge in [-0.25, -0.2) is 4.98 Å². The normalized spacial score (nSPS) is 17.5. The lowest BCUT2D eigenvalue weighted by atomic mass is 9.95. The minimum atomic E-state index is -0.716. The van der Waals surface area contributed by atoms with Gasteiger partial charge in [-0.15, -0.1) is 0 Å². The van der Waals surface area contributed by atoms with E-state index in [1.165, 1.54) is 4.90 Å². The lowest BCUT2D eigenvalue weighted by Gasteiger charge is -2.25. The first-order valence-electron chi connectivity index (χ1n) is 11.1. The van der Waals surface area contributed by atoms with E-state index in [1.54, 1.807) is 36.8 Å². The Kier molecular flexibility index (Phi) is 7.03. The molecule has 176 valence electrons. The van der Waals surface area contributed by atoms with E-state index in [9.17, 15) is 14.7 Å². The number of hydrogen-bond acceptors (Lipinski definition) is 5. The highest BCUT2D eigenvalue weighted by Crippen LogP contribution is 2.40. The standard InChI is InChI=1S/C26H26ClN3O4/c1-17(2)34-21-10-6-18(7-11-21)23-22(24(31)19-4-8-20(27)9-5-19)25(32)26(33)30(23)14-3-13-29-15-12-28-16-29/h4-12,15-17,23,31H,3,13-14H2,1-2H3. The maximum atomic E-state index is 13.1. The first kappa shape index (κ1) is 23.6. The smallest absolute Gasteiger partial charge is 0.295 e. The molecule has 1 amide bonds. The zero-order chi connectivity index (χ0) is 24.2. The average molecular weight is 480 g/mol. The molecule has 1 unspecified atom stereocenters.